The van der Waals surface area contributed by atoms with Crippen molar-refractivity contribution in [3.8, 4) is 0 Å². The van der Waals surface area contributed by atoms with E-state index in [1.807, 2.05) is 0 Å². The summed E-state index contributed by atoms with van der Waals surface area (Å²) in [5.41, 5.74) is 8.08. The van der Waals surface area contributed by atoms with Crippen LogP contribution in [0, 0.1) is 5.92 Å². The number of amides is 1. The molecule has 0 bridgehead atoms. The van der Waals surface area contributed by atoms with Crippen LogP contribution < -0.4 is 0 Å². The molecule has 0 radical (unpaired) electrons. The predicted octanol–water partition coefficient (Wildman–Crippen LogP) is 0.916. The molecule has 6 heteroatoms. The lowest BCUT2D eigenvalue weighted by Gasteiger charge is -2.33. The second-order valence-corrected chi connectivity index (χ2v) is 3.85. The third-order valence-corrected chi connectivity index (χ3v) is 2.84. The van der Waals surface area contributed by atoms with Gasteiger partial charge in [-0.05, 0) is 31.2 Å². The van der Waals surface area contributed by atoms with E-state index >= 15 is 0 Å². The van der Waals surface area contributed by atoms with Gasteiger partial charge >= 0.3 is 0 Å². The first-order chi connectivity index (χ1) is 7.15. The number of piperidine rings is 1. The van der Waals surface area contributed by atoms with Gasteiger partial charge in [-0.3, -0.25) is 4.79 Å². The van der Waals surface area contributed by atoms with Crippen LogP contribution in [0.3, 0.4) is 0 Å². The summed E-state index contributed by atoms with van der Waals surface area (Å²) < 4.78 is 0. The highest BCUT2D eigenvalue weighted by Crippen LogP contribution is 2.20. The third kappa shape index (κ3) is 3.42. The molecule has 1 atom stereocenters. The summed E-state index contributed by atoms with van der Waals surface area (Å²) in [5.74, 6) is 0.158. The number of likely N-dealkylation sites (tertiary alicyclic amines) is 1. The number of carbonyl (C=O) groups excluding carboxylic acids is 1. The van der Waals surface area contributed by atoms with Gasteiger partial charge in [0.15, 0.2) is 0 Å². The van der Waals surface area contributed by atoms with E-state index < -0.39 is 0 Å². The molecule has 1 aliphatic heterocycles. The Bertz CT molecular complexity index is 265. The molecular formula is C9H16N4O2. The fourth-order valence-electron chi connectivity index (χ4n) is 1.82. The second-order valence-electron chi connectivity index (χ2n) is 3.85. The van der Waals surface area contributed by atoms with Crippen molar-refractivity contribution in [2.75, 3.05) is 19.6 Å². The van der Waals surface area contributed by atoms with Crippen LogP contribution in [0.2, 0.25) is 0 Å². The van der Waals surface area contributed by atoms with Gasteiger partial charge in [-0.25, -0.2) is 0 Å². The first-order valence-electron chi connectivity index (χ1n) is 5.12. The molecule has 1 aliphatic rings. The Kier molecular flexibility index (Phi) is 4.39. The second kappa shape index (κ2) is 5.58. The summed E-state index contributed by atoms with van der Waals surface area (Å²) in [6.07, 6.45) is 1.33. The van der Waals surface area contributed by atoms with Crippen molar-refractivity contribution in [2.45, 2.75) is 25.9 Å². The smallest absolute Gasteiger partial charge is 0.228 e. The summed E-state index contributed by atoms with van der Waals surface area (Å²) in [7, 11) is 0. The molecule has 0 spiro atoms. The van der Waals surface area contributed by atoms with Crippen LogP contribution >= 0.6 is 0 Å². The SMILES string of the molecule is C[C@@H](O)C1CCN(C(=O)CN=[N+]=[N-])CC1. The lowest BCUT2D eigenvalue weighted by molar-refractivity contribution is -0.131. The van der Waals surface area contributed by atoms with Gasteiger partial charge in [0.2, 0.25) is 5.91 Å². The van der Waals surface area contributed by atoms with E-state index in [1.165, 1.54) is 0 Å². The maximum absolute atomic E-state index is 11.4. The molecule has 0 aromatic carbocycles. The van der Waals surface area contributed by atoms with Gasteiger partial charge in [0.1, 0.15) is 6.54 Å². The minimum atomic E-state index is -0.306. The number of hydrogen-bond donors (Lipinski definition) is 1. The molecule has 1 N–H and O–H groups in total. The Morgan fingerprint density at radius 3 is 2.73 bits per heavy atom. The van der Waals surface area contributed by atoms with Gasteiger partial charge in [-0.15, -0.1) is 0 Å². The number of carbonyl (C=O) groups is 1. The standard InChI is InChI=1S/C9H16N4O2/c1-7(14)8-2-4-13(5-3-8)9(15)6-11-12-10/h7-8,14H,2-6H2,1H3/t7-/m1/s1. The molecule has 0 aromatic rings. The Morgan fingerprint density at radius 1 is 1.67 bits per heavy atom. The molecule has 15 heavy (non-hydrogen) atoms. The number of hydrogen-bond acceptors (Lipinski definition) is 3. The number of azide groups is 1. The summed E-state index contributed by atoms with van der Waals surface area (Å²) >= 11 is 0. The average Bonchev–Trinajstić information content (AvgIpc) is 2.26. The Balaban J connectivity index is 2.36. The zero-order valence-electron chi connectivity index (χ0n) is 8.83. The highest BCUT2D eigenvalue weighted by molar-refractivity contribution is 5.78. The fourth-order valence-corrected chi connectivity index (χ4v) is 1.82. The highest BCUT2D eigenvalue weighted by Gasteiger charge is 2.24. The number of rotatable bonds is 3. The Labute approximate surface area is 88.5 Å². The van der Waals surface area contributed by atoms with Crippen molar-refractivity contribution in [3.05, 3.63) is 10.4 Å². The van der Waals surface area contributed by atoms with E-state index in [0.29, 0.717) is 13.1 Å². The predicted molar refractivity (Wildman–Crippen MR) is 55.0 cm³/mol. The minimum Gasteiger partial charge on any atom is -0.393 e. The molecule has 6 nitrogen and oxygen atoms in total. The van der Waals surface area contributed by atoms with Crippen molar-refractivity contribution in [2.24, 2.45) is 11.0 Å². The molecule has 0 aromatic heterocycles. The van der Waals surface area contributed by atoms with Crippen LogP contribution in [0.4, 0.5) is 0 Å². The van der Waals surface area contributed by atoms with Gasteiger partial charge < -0.3 is 10.0 Å². The Morgan fingerprint density at radius 2 is 2.27 bits per heavy atom. The third-order valence-electron chi connectivity index (χ3n) is 2.84. The van der Waals surface area contributed by atoms with Gasteiger partial charge in [0, 0.05) is 18.0 Å². The van der Waals surface area contributed by atoms with Crippen molar-refractivity contribution in [3.63, 3.8) is 0 Å². The maximum atomic E-state index is 11.4. The van der Waals surface area contributed by atoms with E-state index in [4.69, 9.17) is 5.53 Å². The topological polar surface area (TPSA) is 89.3 Å². The highest BCUT2D eigenvalue weighted by atomic mass is 16.3. The summed E-state index contributed by atoms with van der Waals surface area (Å²) in [6, 6.07) is 0. The lowest BCUT2D eigenvalue weighted by atomic mass is 9.92. The fraction of sp³-hybridized carbons (Fsp3) is 0.889. The number of aliphatic hydroxyl groups excluding tert-OH is 1. The van der Waals surface area contributed by atoms with Crippen LogP contribution in [-0.2, 0) is 4.79 Å². The van der Waals surface area contributed by atoms with Crippen LogP contribution in [0.1, 0.15) is 19.8 Å². The monoisotopic (exact) mass is 212 g/mol. The molecule has 0 saturated carbocycles. The van der Waals surface area contributed by atoms with Crippen molar-refractivity contribution in [1.29, 1.82) is 0 Å². The Hall–Kier alpha value is -1.26. The number of aliphatic hydroxyl groups is 1. The molecular weight excluding hydrogens is 196 g/mol. The molecule has 1 fully saturated rings. The van der Waals surface area contributed by atoms with Crippen molar-refractivity contribution < 1.29 is 9.90 Å². The molecule has 84 valence electrons. The minimum absolute atomic E-state index is 0.101. The van der Waals surface area contributed by atoms with Gasteiger partial charge in [0.05, 0.1) is 6.10 Å². The molecule has 1 saturated heterocycles. The molecule has 1 amide bonds. The largest absolute Gasteiger partial charge is 0.393 e. The summed E-state index contributed by atoms with van der Waals surface area (Å²) in [6.45, 7) is 2.97. The zero-order valence-corrected chi connectivity index (χ0v) is 8.83. The zero-order chi connectivity index (χ0) is 11.3. The lowest BCUT2D eigenvalue weighted by Crippen LogP contribution is -2.41. The summed E-state index contributed by atoms with van der Waals surface area (Å²) in [4.78, 5) is 15.7. The average molecular weight is 212 g/mol. The van der Waals surface area contributed by atoms with E-state index in [1.54, 1.807) is 11.8 Å². The van der Waals surface area contributed by atoms with E-state index in [9.17, 15) is 9.90 Å². The van der Waals surface area contributed by atoms with E-state index in [0.717, 1.165) is 12.8 Å². The summed E-state index contributed by atoms with van der Waals surface area (Å²) in [5, 5.41) is 12.6. The maximum Gasteiger partial charge on any atom is 0.228 e. The first-order valence-corrected chi connectivity index (χ1v) is 5.12. The van der Waals surface area contributed by atoms with Crippen LogP contribution in [0.5, 0.6) is 0 Å². The van der Waals surface area contributed by atoms with Crippen molar-refractivity contribution >= 4 is 5.91 Å². The molecule has 0 aliphatic carbocycles. The molecule has 0 unspecified atom stereocenters. The van der Waals surface area contributed by atoms with Gasteiger partial charge in [0.25, 0.3) is 0 Å². The molecule has 1 rings (SSSR count). The normalized spacial score (nSPS) is 19.5. The van der Waals surface area contributed by atoms with E-state index in [-0.39, 0.29) is 24.5 Å². The molecule has 1 heterocycles. The van der Waals surface area contributed by atoms with Crippen LogP contribution in [0.25, 0.3) is 10.4 Å². The van der Waals surface area contributed by atoms with Crippen molar-refractivity contribution in [1.82, 2.24) is 4.90 Å². The van der Waals surface area contributed by atoms with Crippen LogP contribution in [-0.4, -0.2) is 41.7 Å². The first kappa shape index (κ1) is 11.8. The van der Waals surface area contributed by atoms with E-state index in [2.05, 4.69) is 10.0 Å². The van der Waals surface area contributed by atoms with Gasteiger partial charge in [-0.2, -0.15) is 0 Å². The van der Waals surface area contributed by atoms with Crippen LogP contribution in [0.15, 0.2) is 5.11 Å². The van der Waals surface area contributed by atoms with Gasteiger partial charge in [-0.1, -0.05) is 5.11 Å². The quantitative estimate of drug-likeness (QED) is 0.428. The number of nitrogens with zero attached hydrogens (tertiary/aromatic N) is 4.